The van der Waals surface area contributed by atoms with Crippen LogP contribution in [0.15, 0.2) is 0 Å². The van der Waals surface area contributed by atoms with E-state index in [4.69, 9.17) is 0 Å². The Bertz CT molecular complexity index is 17.9. The summed E-state index contributed by atoms with van der Waals surface area (Å²) < 4.78 is 0. The topological polar surface area (TPSA) is 0 Å². The van der Waals surface area contributed by atoms with Crippen LogP contribution < -0.4 is 0 Å². The van der Waals surface area contributed by atoms with Crippen molar-refractivity contribution >= 4 is 0 Å². The molecular formula is C5H11Sc. The van der Waals surface area contributed by atoms with Gasteiger partial charge in [0.1, 0.15) is 0 Å². The van der Waals surface area contributed by atoms with Gasteiger partial charge in [-0.2, -0.15) is 0 Å². The number of hydrogen-bond acceptors (Lipinski definition) is 0. The first kappa shape index (κ1) is 9.98. The fourth-order valence-electron chi connectivity index (χ4n) is 0. The van der Waals surface area contributed by atoms with E-state index in [1.165, 1.54) is 0 Å². The summed E-state index contributed by atoms with van der Waals surface area (Å²) in [5.74, 6) is 0.773. The van der Waals surface area contributed by atoms with Crippen molar-refractivity contribution in [3.8, 4) is 0 Å². The van der Waals surface area contributed by atoms with Gasteiger partial charge in [0.2, 0.25) is 0 Å². The van der Waals surface area contributed by atoms with Gasteiger partial charge in [-0.15, -0.1) is 0 Å². The van der Waals surface area contributed by atoms with Crippen LogP contribution in [-0.4, -0.2) is 0 Å². The molecule has 0 aliphatic rings. The zero-order valence-electron chi connectivity index (χ0n) is 4.57. The molecule has 0 aromatic heterocycles. The Morgan fingerprint density at radius 2 is 1.67 bits per heavy atom. The maximum absolute atomic E-state index is 3.69. The monoisotopic (exact) mass is 116 g/mol. The van der Waals surface area contributed by atoms with Crippen LogP contribution in [0.2, 0.25) is 0 Å². The van der Waals surface area contributed by atoms with E-state index < -0.39 is 0 Å². The van der Waals surface area contributed by atoms with Crippen LogP contribution in [0.3, 0.4) is 0 Å². The molecule has 0 bridgehead atoms. The summed E-state index contributed by atoms with van der Waals surface area (Å²) in [7, 11) is 0. The van der Waals surface area contributed by atoms with Crippen molar-refractivity contribution in [2.75, 3.05) is 0 Å². The molecule has 0 aliphatic carbocycles. The Hall–Kier alpha value is 0.870. The van der Waals surface area contributed by atoms with Crippen LogP contribution >= 0.6 is 0 Å². The van der Waals surface area contributed by atoms with Gasteiger partial charge in [0.15, 0.2) is 0 Å². The van der Waals surface area contributed by atoms with Crippen molar-refractivity contribution in [2.45, 2.75) is 20.3 Å². The SMILES string of the molecule is [CH2]CC(C)C.[Sc]. The summed E-state index contributed by atoms with van der Waals surface area (Å²) in [4.78, 5) is 0. The molecule has 0 spiro atoms. The van der Waals surface area contributed by atoms with Gasteiger partial charge in [0, 0.05) is 25.8 Å². The van der Waals surface area contributed by atoms with E-state index in [9.17, 15) is 0 Å². The Morgan fingerprint density at radius 3 is 1.67 bits per heavy atom. The normalized spacial score (nSPS) is 8.00. The van der Waals surface area contributed by atoms with E-state index in [1.807, 2.05) is 0 Å². The van der Waals surface area contributed by atoms with Crippen LogP contribution in [0.1, 0.15) is 20.3 Å². The van der Waals surface area contributed by atoms with Crippen LogP contribution in [0.5, 0.6) is 0 Å². The molecule has 0 saturated heterocycles. The van der Waals surface area contributed by atoms with Gasteiger partial charge in [-0.05, 0) is 5.92 Å². The Balaban J connectivity index is 0. The third-order valence-electron chi connectivity index (χ3n) is 0.577. The van der Waals surface area contributed by atoms with Crippen LogP contribution in [0.25, 0.3) is 0 Å². The number of rotatable bonds is 1. The average molecular weight is 116 g/mol. The zero-order valence-corrected chi connectivity index (χ0v) is 6.37. The summed E-state index contributed by atoms with van der Waals surface area (Å²) >= 11 is 0. The quantitative estimate of drug-likeness (QED) is 0.490. The third-order valence-corrected chi connectivity index (χ3v) is 0.577. The predicted octanol–water partition coefficient (Wildman–Crippen LogP) is 1.86. The second kappa shape index (κ2) is 5.87. The van der Waals surface area contributed by atoms with E-state index in [1.54, 1.807) is 0 Å². The fourth-order valence-corrected chi connectivity index (χ4v) is 0. The molecule has 0 heterocycles. The Kier molecular flexibility index (Phi) is 9.77. The van der Waals surface area contributed by atoms with Crippen LogP contribution in [0.4, 0.5) is 0 Å². The first-order valence-electron chi connectivity index (χ1n) is 2.06. The molecule has 0 nitrogen and oxygen atoms in total. The van der Waals surface area contributed by atoms with E-state index in [0.717, 1.165) is 12.3 Å². The molecule has 0 aromatic rings. The molecular weight excluding hydrogens is 105 g/mol. The maximum atomic E-state index is 3.69. The molecule has 34 valence electrons. The molecule has 2 radical (unpaired) electrons. The summed E-state index contributed by atoms with van der Waals surface area (Å²) in [6.45, 7) is 8.00. The molecule has 0 N–H and O–H groups in total. The molecule has 0 aromatic carbocycles. The molecule has 0 unspecified atom stereocenters. The molecule has 0 fully saturated rings. The third kappa shape index (κ3) is 8.85. The minimum Gasteiger partial charge on any atom is -0.0628 e. The molecule has 0 aliphatic heterocycles. The van der Waals surface area contributed by atoms with Gasteiger partial charge >= 0.3 is 0 Å². The summed E-state index contributed by atoms with van der Waals surface area (Å²) in [5, 5.41) is 0. The van der Waals surface area contributed by atoms with Gasteiger partial charge in [0.25, 0.3) is 0 Å². The van der Waals surface area contributed by atoms with Crippen molar-refractivity contribution in [1.29, 1.82) is 0 Å². The molecule has 6 heavy (non-hydrogen) atoms. The van der Waals surface area contributed by atoms with Crippen molar-refractivity contribution in [3.05, 3.63) is 6.92 Å². The fraction of sp³-hybridized carbons (Fsp3) is 0.800. The van der Waals surface area contributed by atoms with Crippen molar-refractivity contribution in [3.63, 3.8) is 0 Å². The molecule has 0 atom stereocenters. The first-order valence-corrected chi connectivity index (χ1v) is 2.06. The van der Waals surface area contributed by atoms with Gasteiger partial charge in [0.05, 0.1) is 0 Å². The minimum atomic E-state index is 0. The van der Waals surface area contributed by atoms with Crippen LogP contribution in [-0.2, 0) is 25.8 Å². The zero-order chi connectivity index (χ0) is 4.28. The van der Waals surface area contributed by atoms with Crippen LogP contribution in [0, 0.1) is 12.8 Å². The largest absolute Gasteiger partial charge is 0.0628 e. The minimum absolute atomic E-state index is 0. The predicted molar refractivity (Wildman–Crippen MR) is 24.8 cm³/mol. The standard InChI is InChI=1S/C5H11.Sc/c1-4-5(2)3;/h5H,1,4H2,2-3H3;. The number of hydrogen-bond donors (Lipinski definition) is 0. The van der Waals surface area contributed by atoms with E-state index in [2.05, 4.69) is 20.8 Å². The van der Waals surface area contributed by atoms with E-state index >= 15 is 0 Å². The summed E-state index contributed by atoms with van der Waals surface area (Å²) in [6.07, 6.45) is 1.06. The molecule has 0 saturated carbocycles. The van der Waals surface area contributed by atoms with Crippen molar-refractivity contribution in [2.24, 2.45) is 5.92 Å². The smallest absolute Gasteiger partial charge is 0 e. The van der Waals surface area contributed by atoms with Crippen molar-refractivity contribution < 1.29 is 25.8 Å². The summed E-state index contributed by atoms with van der Waals surface area (Å²) in [5.41, 5.74) is 0. The molecule has 0 rings (SSSR count). The van der Waals surface area contributed by atoms with Crippen molar-refractivity contribution in [1.82, 2.24) is 0 Å². The second-order valence-corrected chi connectivity index (χ2v) is 1.68. The summed E-state index contributed by atoms with van der Waals surface area (Å²) in [6, 6.07) is 0. The average Bonchev–Trinajstić information content (AvgIpc) is 1.38. The second-order valence-electron chi connectivity index (χ2n) is 1.68. The maximum Gasteiger partial charge on any atom is 0 e. The van der Waals surface area contributed by atoms with Gasteiger partial charge < -0.3 is 0 Å². The van der Waals surface area contributed by atoms with Gasteiger partial charge in [-0.3, -0.25) is 0 Å². The molecule has 0 amide bonds. The van der Waals surface area contributed by atoms with Gasteiger partial charge in [-0.1, -0.05) is 27.2 Å². The van der Waals surface area contributed by atoms with Gasteiger partial charge in [-0.25, -0.2) is 0 Å². The Morgan fingerprint density at radius 1 is 1.50 bits per heavy atom. The van der Waals surface area contributed by atoms with E-state index in [0.29, 0.717) is 0 Å². The first-order chi connectivity index (χ1) is 2.27. The Labute approximate surface area is 59.1 Å². The van der Waals surface area contributed by atoms with E-state index in [-0.39, 0.29) is 25.8 Å². The molecule has 1 heteroatoms.